The van der Waals surface area contributed by atoms with E-state index in [0.29, 0.717) is 0 Å². The van der Waals surface area contributed by atoms with Crippen molar-refractivity contribution in [2.75, 3.05) is 6.61 Å². The number of carbonyl (C=O) groups excluding carboxylic acids is 2. The molecule has 19 nitrogen and oxygen atoms in total. The minimum absolute atomic E-state index is 0.732. The largest absolute Gasteiger partial charge is 0.483 e. The Morgan fingerprint density at radius 3 is 2.39 bits per heavy atom. The van der Waals surface area contributed by atoms with E-state index in [4.69, 9.17) is 9.47 Å². The maximum absolute atomic E-state index is 12.4. The lowest BCUT2D eigenvalue weighted by Gasteiger charge is -2.37. The van der Waals surface area contributed by atoms with Gasteiger partial charge in [-0.1, -0.05) is 0 Å². The SMILES string of the molecule is CC(=O)N[C@H]1[C@@H](OP(=O)(O)OP(=O)(O)OC[C@H]2O[C@@H](n3ccc(=O)[nH]c3=O)[C@H](O)[C@@H]2O)O[C@@H](C)C(=O)[C@@H]1O. The first-order chi connectivity index (χ1) is 17.5. The second-order valence-electron chi connectivity index (χ2n) is 8.20. The molecule has 2 unspecified atom stereocenters. The van der Waals surface area contributed by atoms with E-state index in [-0.39, 0.29) is 0 Å². The Kier molecular flexibility index (Phi) is 9.25. The molecule has 1 amide bonds. The highest BCUT2D eigenvalue weighted by Crippen LogP contribution is 2.61. The van der Waals surface area contributed by atoms with Crippen LogP contribution in [-0.4, -0.2) is 95.8 Å². The summed E-state index contributed by atoms with van der Waals surface area (Å²) < 4.78 is 49.1. The van der Waals surface area contributed by atoms with E-state index in [0.717, 1.165) is 23.8 Å². The maximum atomic E-state index is 12.4. The first-order valence-corrected chi connectivity index (χ1v) is 13.7. The Morgan fingerprint density at radius 1 is 1.13 bits per heavy atom. The lowest BCUT2D eigenvalue weighted by molar-refractivity contribution is -0.197. The summed E-state index contributed by atoms with van der Waals surface area (Å²) in [7, 11) is -11.0. The van der Waals surface area contributed by atoms with Crippen LogP contribution in [0.2, 0.25) is 0 Å². The molecule has 214 valence electrons. The number of nitrogens with zero attached hydrogens (tertiary/aromatic N) is 1. The van der Waals surface area contributed by atoms with Crippen molar-refractivity contribution in [1.29, 1.82) is 0 Å². The van der Waals surface area contributed by atoms with Gasteiger partial charge in [-0.15, -0.1) is 0 Å². The van der Waals surface area contributed by atoms with E-state index in [1.807, 2.05) is 4.98 Å². The van der Waals surface area contributed by atoms with E-state index in [1.54, 1.807) is 0 Å². The van der Waals surface area contributed by atoms with Crippen molar-refractivity contribution in [1.82, 2.24) is 14.9 Å². The zero-order valence-electron chi connectivity index (χ0n) is 19.5. The van der Waals surface area contributed by atoms with Crippen LogP contribution in [0.15, 0.2) is 21.9 Å². The number of ether oxygens (including phenoxy) is 2. The first-order valence-electron chi connectivity index (χ1n) is 10.7. The van der Waals surface area contributed by atoms with Gasteiger partial charge in [0.05, 0.1) is 6.61 Å². The van der Waals surface area contributed by atoms with Crippen LogP contribution in [0.5, 0.6) is 0 Å². The van der Waals surface area contributed by atoms with Crippen LogP contribution in [0.3, 0.4) is 0 Å². The Balaban J connectivity index is 1.65. The van der Waals surface area contributed by atoms with Crippen LogP contribution in [0.4, 0.5) is 0 Å². The third-order valence-corrected chi connectivity index (χ3v) is 7.94. The number of phosphoric ester groups is 2. The van der Waals surface area contributed by atoms with Gasteiger partial charge in [-0.2, -0.15) is 4.31 Å². The number of aromatic nitrogens is 2. The van der Waals surface area contributed by atoms with Crippen LogP contribution in [0.25, 0.3) is 0 Å². The van der Waals surface area contributed by atoms with E-state index in [2.05, 4.69) is 18.7 Å². The Bertz CT molecular complexity index is 1270. The predicted octanol–water partition coefficient (Wildman–Crippen LogP) is -3.41. The summed E-state index contributed by atoms with van der Waals surface area (Å²) >= 11 is 0. The lowest BCUT2D eigenvalue weighted by Crippen LogP contribution is -2.61. The zero-order chi connectivity index (χ0) is 28.6. The maximum Gasteiger partial charge on any atom is 0.483 e. The quantitative estimate of drug-likeness (QED) is 0.138. The van der Waals surface area contributed by atoms with Gasteiger partial charge in [0.15, 0.2) is 18.3 Å². The zero-order valence-corrected chi connectivity index (χ0v) is 21.3. The highest BCUT2D eigenvalue weighted by molar-refractivity contribution is 7.61. The number of aliphatic hydroxyl groups excluding tert-OH is 3. The highest BCUT2D eigenvalue weighted by atomic mass is 31.3. The van der Waals surface area contributed by atoms with Crippen molar-refractivity contribution in [3.63, 3.8) is 0 Å². The molecule has 2 aliphatic rings. The second kappa shape index (κ2) is 11.5. The predicted molar refractivity (Wildman–Crippen MR) is 118 cm³/mol. The molecule has 2 aliphatic heterocycles. The molecule has 38 heavy (non-hydrogen) atoms. The molecule has 10 atom stereocenters. The molecule has 3 rings (SSSR count). The molecule has 0 radical (unpaired) electrons. The summed E-state index contributed by atoms with van der Waals surface area (Å²) in [4.78, 5) is 68.2. The van der Waals surface area contributed by atoms with E-state index in [9.17, 15) is 53.4 Å². The van der Waals surface area contributed by atoms with Gasteiger partial charge in [0.25, 0.3) is 5.56 Å². The van der Waals surface area contributed by atoms with Crippen molar-refractivity contribution in [3.05, 3.63) is 33.1 Å². The summed E-state index contributed by atoms with van der Waals surface area (Å²) in [6, 6.07) is -0.749. The molecule has 0 bridgehead atoms. The lowest BCUT2D eigenvalue weighted by atomic mass is 9.99. The van der Waals surface area contributed by atoms with Gasteiger partial charge in [0, 0.05) is 19.2 Å². The van der Waals surface area contributed by atoms with Crippen molar-refractivity contribution < 1.29 is 66.7 Å². The molecule has 0 aliphatic carbocycles. The van der Waals surface area contributed by atoms with E-state index in [1.165, 1.54) is 6.92 Å². The number of Topliss-reactive ketones (excluding diaryl/α,β-unsaturated/α-hetero) is 1. The Morgan fingerprint density at radius 2 is 1.79 bits per heavy atom. The van der Waals surface area contributed by atoms with Gasteiger partial charge >= 0.3 is 21.3 Å². The molecule has 0 aromatic carbocycles. The second-order valence-corrected chi connectivity index (χ2v) is 11.2. The van der Waals surface area contributed by atoms with Gasteiger partial charge in [-0.05, 0) is 6.92 Å². The molecule has 2 fully saturated rings. The standard InChI is InChI=1S/C17H25N3O16P2/c1-6-11(23)13(25)10(18-7(2)21)16(33-6)35-38(30,31)36-37(28,29)32-5-8-12(24)14(26)15(34-8)20-4-3-9(22)19-17(20)27/h3-4,6,8,10,12-16,24-26H,5H2,1-2H3,(H,18,21)(H,28,29)(H,30,31)(H,19,22,27)/t6-,8+,10+,12+,13+,14+,15+,16+/m0/s1. The molecule has 1 aromatic rings. The summed E-state index contributed by atoms with van der Waals surface area (Å²) in [5.74, 6) is -1.66. The minimum atomic E-state index is -5.56. The van der Waals surface area contributed by atoms with Crippen LogP contribution < -0.4 is 16.6 Å². The van der Waals surface area contributed by atoms with Gasteiger partial charge in [0.1, 0.15) is 36.6 Å². The fourth-order valence-corrected chi connectivity index (χ4v) is 5.75. The van der Waals surface area contributed by atoms with Crippen LogP contribution in [0.1, 0.15) is 20.1 Å². The number of ketones is 1. The fourth-order valence-electron chi connectivity index (χ4n) is 3.59. The van der Waals surface area contributed by atoms with Gasteiger partial charge in [-0.3, -0.25) is 33.0 Å². The molecular weight excluding hydrogens is 564 g/mol. The summed E-state index contributed by atoms with van der Waals surface area (Å²) in [6.45, 7) is 1.16. The number of phosphoric acid groups is 2. The number of rotatable bonds is 9. The topological polar surface area (TPSA) is 282 Å². The molecule has 0 saturated carbocycles. The van der Waals surface area contributed by atoms with Crippen molar-refractivity contribution in [2.24, 2.45) is 0 Å². The van der Waals surface area contributed by atoms with Gasteiger partial charge in [-0.25, -0.2) is 13.9 Å². The number of aliphatic hydroxyl groups is 3. The van der Waals surface area contributed by atoms with Gasteiger partial charge < -0.3 is 39.9 Å². The summed E-state index contributed by atoms with van der Waals surface area (Å²) in [5, 5.41) is 32.5. The molecule has 2 saturated heterocycles. The third kappa shape index (κ3) is 7.09. The minimum Gasteiger partial charge on any atom is -0.387 e. The van der Waals surface area contributed by atoms with Crippen LogP contribution >= 0.6 is 15.6 Å². The number of hydrogen-bond acceptors (Lipinski definition) is 14. The fraction of sp³-hybridized carbons (Fsp3) is 0.647. The van der Waals surface area contributed by atoms with Gasteiger partial charge in [0.2, 0.25) is 5.91 Å². The van der Waals surface area contributed by atoms with Crippen molar-refractivity contribution in [3.8, 4) is 0 Å². The van der Waals surface area contributed by atoms with E-state index >= 15 is 0 Å². The van der Waals surface area contributed by atoms with Crippen molar-refractivity contribution in [2.45, 2.75) is 62.9 Å². The van der Waals surface area contributed by atoms with Crippen LogP contribution in [-0.2, 0) is 41.6 Å². The summed E-state index contributed by atoms with van der Waals surface area (Å²) in [5.41, 5.74) is -1.74. The van der Waals surface area contributed by atoms with Crippen molar-refractivity contribution >= 4 is 27.3 Å². The molecule has 21 heteroatoms. The number of carbonyl (C=O) groups is 2. The average molecular weight is 589 g/mol. The number of hydrogen-bond donors (Lipinski definition) is 7. The number of H-pyrrole nitrogens is 1. The third-order valence-electron chi connectivity index (χ3n) is 5.34. The number of amides is 1. The highest BCUT2D eigenvalue weighted by Gasteiger charge is 2.49. The monoisotopic (exact) mass is 589 g/mol. The number of nitrogens with one attached hydrogen (secondary N) is 2. The summed E-state index contributed by atoms with van der Waals surface area (Å²) in [6.07, 6.45) is -10.9. The molecule has 1 aromatic heterocycles. The molecule has 7 N–H and O–H groups in total. The number of aromatic amines is 1. The average Bonchev–Trinajstić information content (AvgIpc) is 3.06. The van der Waals surface area contributed by atoms with Crippen LogP contribution in [0, 0.1) is 0 Å². The first kappa shape index (κ1) is 30.4. The Labute approximate surface area is 212 Å². The smallest absolute Gasteiger partial charge is 0.387 e. The molecule has 3 heterocycles. The molecular formula is C17H25N3O16P2. The van der Waals surface area contributed by atoms with E-state index < -0.39 is 94.3 Å². The Hall–Kier alpha value is -2.12. The molecule has 0 spiro atoms. The normalized spacial score (nSPS) is 34.9.